The van der Waals surface area contributed by atoms with E-state index in [1.165, 1.54) is 34.6 Å². The number of nitrogens with zero attached hydrogens (tertiary/aromatic N) is 2. The molecule has 6 heteroatoms. The van der Waals surface area contributed by atoms with Crippen LogP contribution in [0.2, 0.25) is 0 Å². The highest BCUT2D eigenvalue weighted by Gasteiger charge is 2.32. The van der Waals surface area contributed by atoms with Gasteiger partial charge >= 0.3 is 6.18 Å². The van der Waals surface area contributed by atoms with Crippen LogP contribution in [0.5, 0.6) is 0 Å². The second-order valence-electron chi connectivity index (χ2n) is 9.06. The molecule has 0 spiro atoms. The molecule has 2 nitrogen and oxygen atoms in total. The molecule has 1 aliphatic carbocycles. The Balaban J connectivity index is 1.64. The van der Waals surface area contributed by atoms with E-state index >= 15 is 0 Å². The third-order valence-electron chi connectivity index (χ3n) is 5.48. The predicted octanol–water partition coefficient (Wildman–Crippen LogP) is 7.44. The maximum absolute atomic E-state index is 12.9. The van der Waals surface area contributed by atoms with Crippen molar-refractivity contribution in [3.63, 3.8) is 0 Å². The maximum Gasteiger partial charge on any atom is 0.423 e. The number of halogens is 3. The Labute approximate surface area is 198 Å². The topological polar surface area (TPSA) is 16.1 Å². The molecule has 0 saturated heterocycles. The second-order valence-corrected chi connectivity index (χ2v) is 10.1. The number of alkyl halides is 3. The SMILES string of the molecule is C=CC(C)(C)Cc1ccc(CN(C)Cc2sc(C3=CC=C=C(C(F)(F)F)C=C3)nc2C)cc1. The lowest BCUT2D eigenvalue weighted by Crippen LogP contribution is -2.17. The Bertz CT molecular complexity index is 1130. The molecule has 33 heavy (non-hydrogen) atoms. The number of hydrogen-bond acceptors (Lipinski definition) is 3. The maximum atomic E-state index is 12.9. The molecule has 0 radical (unpaired) electrons. The monoisotopic (exact) mass is 470 g/mol. The first-order valence-electron chi connectivity index (χ1n) is 10.8. The molecule has 0 saturated carbocycles. The first-order valence-corrected chi connectivity index (χ1v) is 11.6. The Morgan fingerprint density at radius 1 is 1.09 bits per heavy atom. The van der Waals surface area contributed by atoms with E-state index in [-0.39, 0.29) is 5.41 Å². The summed E-state index contributed by atoms with van der Waals surface area (Å²) in [6, 6.07) is 8.67. The van der Waals surface area contributed by atoms with E-state index in [0.717, 1.165) is 29.6 Å². The predicted molar refractivity (Wildman–Crippen MR) is 131 cm³/mol. The molecule has 0 aliphatic heterocycles. The summed E-state index contributed by atoms with van der Waals surface area (Å²) in [5.41, 5.74) is 5.64. The lowest BCUT2D eigenvalue weighted by atomic mass is 9.86. The molecule has 1 heterocycles. The minimum atomic E-state index is -4.41. The number of allylic oxidation sites excluding steroid dienone is 6. The van der Waals surface area contributed by atoms with Crippen LogP contribution in [0.3, 0.4) is 0 Å². The fraction of sp³-hybridized carbons (Fsp3) is 0.333. The normalized spacial score (nSPS) is 14.3. The number of aryl methyl sites for hydroxylation is 1. The average Bonchev–Trinajstić information content (AvgIpc) is 2.93. The largest absolute Gasteiger partial charge is 0.423 e. The van der Waals surface area contributed by atoms with Crippen LogP contribution in [-0.4, -0.2) is 23.1 Å². The zero-order chi connectivity index (χ0) is 24.2. The lowest BCUT2D eigenvalue weighted by molar-refractivity contribution is -0.0879. The summed E-state index contributed by atoms with van der Waals surface area (Å²) < 4.78 is 38.8. The van der Waals surface area contributed by atoms with Gasteiger partial charge in [0.05, 0.1) is 11.3 Å². The highest BCUT2D eigenvalue weighted by molar-refractivity contribution is 7.12. The molecule has 0 unspecified atom stereocenters. The van der Waals surface area contributed by atoms with Crippen LogP contribution < -0.4 is 0 Å². The number of benzene rings is 1. The van der Waals surface area contributed by atoms with Crippen molar-refractivity contribution in [3.05, 3.63) is 99.2 Å². The molecule has 0 atom stereocenters. The number of rotatable bonds is 8. The van der Waals surface area contributed by atoms with Crippen molar-refractivity contribution in [1.82, 2.24) is 9.88 Å². The first kappa shape index (κ1) is 25.0. The highest BCUT2D eigenvalue weighted by atomic mass is 32.1. The van der Waals surface area contributed by atoms with Crippen molar-refractivity contribution in [2.24, 2.45) is 5.41 Å². The van der Waals surface area contributed by atoms with Gasteiger partial charge in [-0.25, -0.2) is 4.98 Å². The van der Waals surface area contributed by atoms with E-state index in [0.29, 0.717) is 17.1 Å². The van der Waals surface area contributed by atoms with E-state index in [4.69, 9.17) is 0 Å². The molecule has 1 aliphatic rings. The Morgan fingerprint density at radius 2 is 1.76 bits per heavy atom. The third kappa shape index (κ3) is 6.91. The fourth-order valence-corrected chi connectivity index (χ4v) is 4.64. The van der Waals surface area contributed by atoms with Crippen molar-refractivity contribution >= 4 is 16.9 Å². The van der Waals surface area contributed by atoms with Crippen molar-refractivity contribution in [2.75, 3.05) is 7.05 Å². The minimum absolute atomic E-state index is 0.0713. The Kier molecular flexibility index (Phi) is 7.63. The molecule has 0 fully saturated rings. The van der Waals surface area contributed by atoms with Gasteiger partial charge in [-0.2, -0.15) is 13.2 Å². The molecule has 3 rings (SSSR count). The van der Waals surface area contributed by atoms with Gasteiger partial charge < -0.3 is 0 Å². The second kappa shape index (κ2) is 10.1. The van der Waals surface area contributed by atoms with E-state index < -0.39 is 11.7 Å². The molecule has 2 aromatic rings. The van der Waals surface area contributed by atoms with E-state index in [2.05, 4.69) is 67.4 Å². The van der Waals surface area contributed by atoms with E-state index in [1.54, 1.807) is 6.08 Å². The highest BCUT2D eigenvalue weighted by Crippen LogP contribution is 2.31. The molecule has 1 aromatic carbocycles. The van der Waals surface area contributed by atoms with Gasteiger partial charge in [-0.05, 0) is 55.2 Å². The van der Waals surface area contributed by atoms with Crippen LogP contribution >= 0.6 is 11.3 Å². The standard InChI is InChI=1S/C27H29F3N2S/c1-6-26(3,4)16-20-10-12-21(13-11-20)17-32(5)18-24-19(2)31-25(33-24)22-8-7-9-23(15-14-22)27(28,29)30/h6-8,10-15H,1,16-18H2,2-5H3. The van der Waals surface area contributed by atoms with Crippen LogP contribution in [0.15, 0.2) is 72.5 Å². The Morgan fingerprint density at radius 3 is 2.39 bits per heavy atom. The number of aromatic nitrogens is 1. The van der Waals surface area contributed by atoms with Crippen LogP contribution in [0.4, 0.5) is 13.2 Å². The average molecular weight is 471 g/mol. The lowest BCUT2D eigenvalue weighted by Gasteiger charge is -2.20. The van der Waals surface area contributed by atoms with Crippen LogP contribution in [0.1, 0.15) is 40.6 Å². The molecular formula is C27H29F3N2S. The van der Waals surface area contributed by atoms with Crippen molar-refractivity contribution in [3.8, 4) is 0 Å². The van der Waals surface area contributed by atoms with Gasteiger partial charge in [0.2, 0.25) is 0 Å². The molecule has 0 bridgehead atoms. The van der Waals surface area contributed by atoms with Gasteiger partial charge in [-0.1, -0.05) is 50.3 Å². The fourth-order valence-electron chi connectivity index (χ4n) is 3.49. The molecule has 1 aromatic heterocycles. The van der Waals surface area contributed by atoms with Gasteiger partial charge in [-0.3, -0.25) is 4.90 Å². The quantitative estimate of drug-likeness (QED) is 0.294. The van der Waals surface area contributed by atoms with Gasteiger partial charge in [0.1, 0.15) is 5.01 Å². The van der Waals surface area contributed by atoms with Gasteiger partial charge in [0.15, 0.2) is 0 Å². The zero-order valence-electron chi connectivity index (χ0n) is 19.5. The summed E-state index contributed by atoms with van der Waals surface area (Å²) in [5.74, 6) is 0. The number of thiazole rings is 1. The van der Waals surface area contributed by atoms with Crippen molar-refractivity contribution in [2.45, 2.75) is 46.5 Å². The molecule has 0 amide bonds. The summed E-state index contributed by atoms with van der Waals surface area (Å²) in [7, 11) is 2.06. The molecule has 174 valence electrons. The summed E-state index contributed by atoms with van der Waals surface area (Å²) in [6.45, 7) is 11.7. The summed E-state index contributed by atoms with van der Waals surface area (Å²) >= 11 is 1.51. The minimum Gasteiger partial charge on any atom is -0.297 e. The van der Waals surface area contributed by atoms with E-state index in [1.807, 2.05) is 13.0 Å². The number of hydrogen-bond donors (Lipinski definition) is 0. The van der Waals surface area contributed by atoms with Crippen LogP contribution in [-0.2, 0) is 19.5 Å². The van der Waals surface area contributed by atoms with Gasteiger partial charge in [-0.15, -0.1) is 23.6 Å². The Hall–Kier alpha value is -2.66. The summed E-state index contributed by atoms with van der Waals surface area (Å²) in [5, 5.41) is 0.711. The van der Waals surface area contributed by atoms with Gasteiger partial charge in [0, 0.05) is 23.5 Å². The zero-order valence-corrected chi connectivity index (χ0v) is 20.3. The summed E-state index contributed by atoms with van der Waals surface area (Å²) in [6.07, 6.45) is 3.97. The summed E-state index contributed by atoms with van der Waals surface area (Å²) in [4.78, 5) is 7.92. The third-order valence-corrected chi connectivity index (χ3v) is 6.67. The van der Waals surface area contributed by atoms with Crippen LogP contribution in [0, 0.1) is 12.3 Å². The first-order chi connectivity index (χ1) is 15.5. The molecule has 0 N–H and O–H groups in total. The smallest absolute Gasteiger partial charge is 0.297 e. The van der Waals surface area contributed by atoms with Crippen molar-refractivity contribution in [1.29, 1.82) is 0 Å². The van der Waals surface area contributed by atoms with Crippen molar-refractivity contribution < 1.29 is 13.2 Å². The van der Waals surface area contributed by atoms with Gasteiger partial charge in [0.25, 0.3) is 0 Å². The van der Waals surface area contributed by atoms with Crippen LogP contribution in [0.25, 0.3) is 5.57 Å². The molecular weight excluding hydrogens is 441 g/mol. The van der Waals surface area contributed by atoms with E-state index in [9.17, 15) is 13.2 Å².